The van der Waals surface area contributed by atoms with Gasteiger partial charge >= 0.3 is 5.97 Å². The molecule has 0 radical (unpaired) electrons. The van der Waals surface area contributed by atoms with Crippen molar-refractivity contribution in [1.82, 2.24) is 4.90 Å². The topological polar surface area (TPSA) is 63.7 Å². The first kappa shape index (κ1) is 16.9. The van der Waals surface area contributed by atoms with Crippen LogP contribution in [0.1, 0.15) is 12.0 Å². The Kier molecular flexibility index (Phi) is 5.16. The maximum atomic E-state index is 12.0. The summed E-state index contributed by atoms with van der Waals surface area (Å²) in [5.41, 5.74) is 0.991. The van der Waals surface area contributed by atoms with Gasteiger partial charge in [0.15, 0.2) is 9.84 Å². The van der Waals surface area contributed by atoms with Crippen molar-refractivity contribution in [3.8, 4) is 0 Å². The van der Waals surface area contributed by atoms with Crippen LogP contribution in [0.4, 0.5) is 0 Å². The van der Waals surface area contributed by atoms with Crippen LogP contribution >= 0.6 is 0 Å². The number of nitrogens with zero attached hydrogens (tertiary/aromatic N) is 1. The van der Waals surface area contributed by atoms with Crippen LogP contribution in [0.3, 0.4) is 0 Å². The molecule has 3 rings (SSSR count). The van der Waals surface area contributed by atoms with Gasteiger partial charge in [0.2, 0.25) is 0 Å². The number of hydrogen-bond donors (Lipinski definition) is 0. The smallest absolute Gasteiger partial charge is 0.307 e. The van der Waals surface area contributed by atoms with Crippen molar-refractivity contribution in [3.05, 3.63) is 48.0 Å². The number of esters is 1. The maximum absolute atomic E-state index is 12.0. The van der Waals surface area contributed by atoms with E-state index in [-0.39, 0.29) is 30.5 Å². The quantitative estimate of drug-likeness (QED) is 0.774. The van der Waals surface area contributed by atoms with E-state index in [1.54, 1.807) is 0 Å². The minimum atomic E-state index is -2.88. The van der Waals surface area contributed by atoms with Gasteiger partial charge in [-0.25, -0.2) is 8.42 Å². The van der Waals surface area contributed by atoms with Crippen LogP contribution in [0.5, 0.6) is 0 Å². The second-order valence-corrected chi connectivity index (χ2v) is 8.35. The lowest BCUT2D eigenvalue weighted by Crippen LogP contribution is -2.41. The second kappa shape index (κ2) is 7.32. The van der Waals surface area contributed by atoms with Crippen molar-refractivity contribution in [2.45, 2.75) is 13.0 Å². The zero-order chi connectivity index (χ0) is 17.0. The van der Waals surface area contributed by atoms with Gasteiger partial charge in [-0.05, 0) is 16.3 Å². The lowest BCUT2D eigenvalue weighted by atomic mass is 10.1. The lowest BCUT2D eigenvalue weighted by Gasteiger charge is -2.25. The van der Waals surface area contributed by atoms with Gasteiger partial charge in [0.05, 0.1) is 17.9 Å². The van der Waals surface area contributed by atoms with Crippen molar-refractivity contribution in [2.75, 3.05) is 31.1 Å². The molecule has 1 saturated heterocycles. The SMILES string of the molecule is O=C(CCN1CCS(=O)(=O)CC1)OCc1cccc2ccccc12. The van der Waals surface area contributed by atoms with E-state index < -0.39 is 9.84 Å². The fraction of sp³-hybridized carbons (Fsp3) is 0.389. The number of benzene rings is 2. The Balaban J connectivity index is 1.49. The van der Waals surface area contributed by atoms with Crippen LogP contribution in [0.25, 0.3) is 10.8 Å². The number of ether oxygens (including phenoxy) is 1. The third-order valence-corrected chi connectivity index (χ3v) is 5.95. The number of hydrogen-bond acceptors (Lipinski definition) is 5. The second-order valence-electron chi connectivity index (χ2n) is 6.04. The van der Waals surface area contributed by atoms with E-state index in [2.05, 4.69) is 0 Å². The van der Waals surface area contributed by atoms with Gasteiger partial charge in [-0.3, -0.25) is 4.79 Å². The highest BCUT2D eigenvalue weighted by Crippen LogP contribution is 2.19. The summed E-state index contributed by atoms with van der Waals surface area (Å²) >= 11 is 0. The van der Waals surface area contributed by atoms with Crippen LogP contribution in [-0.2, 0) is 26.0 Å². The summed E-state index contributed by atoms with van der Waals surface area (Å²) in [7, 11) is -2.88. The molecular formula is C18H21NO4S. The van der Waals surface area contributed by atoms with Crippen molar-refractivity contribution in [2.24, 2.45) is 0 Å². The maximum Gasteiger partial charge on any atom is 0.307 e. The largest absolute Gasteiger partial charge is 0.461 e. The Hall–Kier alpha value is -1.92. The highest BCUT2D eigenvalue weighted by atomic mass is 32.2. The van der Waals surface area contributed by atoms with E-state index in [0.717, 1.165) is 16.3 Å². The number of rotatable bonds is 5. The van der Waals surface area contributed by atoms with Crippen molar-refractivity contribution < 1.29 is 17.9 Å². The highest BCUT2D eigenvalue weighted by Gasteiger charge is 2.21. The number of carbonyl (C=O) groups is 1. The Morgan fingerprint density at radius 2 is 1.75 bits per heavy atom. The minimum absolute atomic E-state index is 0.179. The van der Waals surface area contributed by atoms with Crippen LogP contribution < -0.4 is 0 Å². The standard InChI is InChI=1S/C18H21NO4S/c20-18(8-9-19-10-12-24(21,22)13-11-19)23-14-16-6-3-5-15-4-1-2-7-17(15)16/h1-7H,8-14H2. The molecule has 0 N–H and O–H groups in total. The normalized spacial score (nSPS) is 17.7. The van der Waals surface area contributed by atoms with Gasteiger partial charge < -0.3 is 9.64 Å². The van der Waals surface area contributed by atoms with Crippen LogP contribution in [0, 0.1) is 0 Å². The summed E-state index contributed by atoms with van der Waals surface area (Å²) in [6.45, 7) is 1.80. The molecule has 2 aromatic rings. The van der Waals surface area contributed by atoms with Crippen LogP contribution in [0.15, 0.2) is 42.5 Å². The third-order valence-electron chi connectivity index (χ3n) is 4.34. The molecule has 1 fully saturated rings. The Morgan fingerprint density at radius 3 is 2.54 bits per heavy atom. The van der Waals surface area contributed by atoms with Gasteiger partial charge in [-0.15, -0.1) is 0 Å². The molecule has 2 aromatic carbocycles. The Labute approximate surface area is 142 Å². The van der Waals surface area contributed by atoms with E-state index in [0.29, 0.717) is 19.6 Å². The summed E-state index contributed by atoms with van der Waals surface area (Å²) in [5, 5.41) is 2.22. The molecule has 0 amide bonds. The third kappa shape index (κ3) is 4.33. The van der Waals surface area contributed by atoms with E-state index in [1.165, 1.54) is 0 Å². The molecule has 24 heavy (non-hydrogen) atoms. The summed E-state index contributed by atoms with van der Waals surface area (Å²) < 4.78 is 28.1. The zero-order valence-corrected chi connectivity index (χ0v) is 14.3. The average molecular weight is 347 g/mol. The minimum Gasteiger partial charge on any atom is -0.461 e. The first-order valence-electron chi connectivity index (χ1n) is 8.08. The summed E-state index contributed by atoms with van der Waals surface area (Å²) in [6.07, 6.45) is 0.283. The van der Waals surface area contributed by atoms with Gasteiger partial charge in [0.25, 0.3) is 0 Å². The van der Waals surface area contributed by atoms with Crippen molar-refractivity contribution in [3.63, 3.8) is 0 Å². The molecule has 6 heteroatoms. The van der Waals surface area contributed by atoms with Gasteiger partial charge in [0.1, 0.15) is 6.61 Å². The Morgan fingerprint density at radius 1 is 1.04 bits per heavy atom. The van der Waals surface area contributed by atoms with Crippen LogP contribution in [0.2, 0.25) is 0 Å². The van der Waals surface area contributed by atoms with Gasteiger partial charge in [-0.2, -0.15) is 0 Å². The first-order valence-corrected chi connectivity index (χ1v) is 9.91. The molecule has 0 saturated carbocycles. The Bertz CT molecular complexity index is 813. The monoisotopic (exact) mass is 347 g/mol. The predicted octanol–water partition coefficient (Wildman–Crippen LogP) is 2.00. The molecule has 1 heterocycles. The van der Waals surface area contributed by atoms with Gasteiger partial charge in [0, 0.05) is 19.6 Å². The lowest BCUT2D eigenvalue weighted by molar-refractivity contribution is -0.145. The number of sulfone groups is 1. The molecule has 0 aromatic heterocycles. The molecule has 0 spiro atoms. The predicted molar refractivity (Wildman–Crippen MR) is 93.5 cm³/mol. The summed E-state index contributed by atoms with van der Waals surface area (Å²) in [6, 6.07) is 14.0. The van der Waals surface area contributed by atoms with E-state index >= 15 is 0 Å². The first-order chi connectivity index (χ1) is 11.5. The van der Waals surface area contributed by atoms with E-state index in [9.17, 15) is 13.2 Å². The van der Waals surface area contributed by atoms with Crippen molar-refractivity contribution in [1.29, 1.82) is 0 Å². The fourth-order valence-corrected chi connectivity index (χ4v) is 4.15. The van der Waals surface area contributed by atoms with Crippen molar-refractivity contribution >= 4 is 26.6 Å². The summed E-state index contributed by atoms with van der Waals surface area (Å²) in [5.74, 6) is 0.104. The van der Waals surface area contributed by atoms with E-state index in [1.807, 2.05) is 47.4 Å². The van der Waals surface area contributed by atoms with E-state index in [4.69, 9.17) is 4.74 Å². The number of fused-ring (bicyclic) bond motifs is 1. The molecule has 128 valence electrons. The molecule has 1 aliphatic rings. The molecule has 5 nitrogen and oxygen atoms in total. The van der Waals surface area contributed by atoms with Gasteiger partial charge in [-0.1, -0.05) is 42.5 Å². The molecule has 1 aliphatic heterocycles. The zero-order valence-electron chi connectivity index (χ0n) is 13.5. The molecule has 0 atom stereocenters. The average Bonchev–Trinajstić information content (AvgIpc) is 2.59. The highest BCUT2D eigenvalue weighted by molar-refractivity contribution is 7.91. The molecule has 0 aliphatic carbocycles. The summed E-state index contributed by atoms with van der Waals surface area (Å²) in [4.78, 5) is 14.0. The number of carbonyl (C=O) groups excluding carboxylic acids is 1. The van der Waals surface area contributed by atoms with Crippen LogP contribution in [-0.4, -0.2) is 50.4 Å². The molecule has 0 bridgehead atoms. The molecule has 0 unspecified atom stereocenters. The molecular weight excluding hydrogens is 326 g/mol. The fourth-order valence-electron chi connectivity index (χ4n) is 2.87.